The van der Waals surface area contributed by atoms with E-state index in [1.54, 1.807) is 0 Å². The second-order valence-corrected chi connectivity index (χ2v) is 8.51. The molecule has 28 heavy (non-hydrogen) atoms. The van der Waals surface area contributed by atoms with Crippen molar-refractivity contribution in [3.8, 4) is 11.1 Å². The summed E-state index contributed by atoms with van der Waals surface area (Å²) >= 11 is 0. The summed E-state index contributed by atoms with van der Waals surface area (Å²) < 4.78 is 116. The second kappa shape index (κ2) is 6.74. The number of halogens is 8. The van der Waals surface area contributed by atoms with Crippen molar-refractivity contribution < 1.29 is 35.1 Å². The molecule has 0 heterocycles. The molecule has 0 amide bonds. The molecule has 0 aromatic heterocycles. The lowest BCUT2D eigenvalue weighted by molar-refractivity contribution is 0.396. The van der Waals surface area contributed by atoms with Gasteiger partial charge in [0.05, 0.1) is 11.1 Å². The van der Waals surface area contributed by atoms with Gasteiger partial charge >= 0.3 is 0 Å². The zero-order valence-corrected chi connectivity index (χ0v) is 16.0. The Morgan fingerprint density at radius 3 is 0.679 bits per heavy atom. The smallest absolute Gasteiger partial charge is 0.170 e. The lowest BCUT2D eigenvalue weighted by atomic mass is 9.82. The van der Waals surface area contributed by atoms with Gasteiger partial charge in [0, 0.05) is 11.1 Å². The van der Waals surface area contributed by atoms with Gasteiger partial charge in [0.15, 0.2) is 46.5 Å². The minimum absolute atomic E-state index is 1.00. The topological polar surface area (TPSA) is 0 Å². The van der Waals surface area contributed by atoms with Crippen molar-refractivity contribution in [1.82, 2.24) is 0 Å². The minimum Gasteiger partial charge on any atom is -0.203 e. The largest absolute Gasteiger partial charge is 0.203 e. The van der Waals surface area contributed by atoms with Crippen molar-refractivity contribution in [3.05, 3.63) is 57.7 Å². The van der Waals surface area contributed by atoms with Crippen LogP contribution in [-0.2, 0) is 10.8 Å². The van der Waals surface area contributed by atoms with Crippen molar-refractivity contribution >= 4 is 0 Å². The van der Waals surface area contributed by atoms with Gasteiger partial charge in [-0.2, -0.15) is 0 Å². The van der Waals surface area contributed by atoms with Crippen molar-refractivity contribution in [2.45, 2.75) is 52.4 Å². The highest BCUT2D eigenvalue weighted by Gasteiger charge is 2.38. The van der Waals surface area contributed by atoms with Crippen LogP contribution in [0.1, 0.15) is 52.7 Å². The molecule has 0 radical (unpaired) electrons. The molecule has 0 aliphatic rings. The molecule has 0 saturated carbocycles. The first-order valence-electron chi connectivity index (χ1n) is 8.26. The average molecular weight is 410 g/mol. The molecule has 0 bridgehead atoms. The maximum absolute atomic E-state index is 14.5. The molecule has 2 aromatic rings. The zero-order valence-electron chi connectivity index (χ0n) is 16.0. The Balaban J connectivity index is 3.04. The predicted molar refractivity (Wildman–Crippen MR) is 88.9 cm³/mol. The summed E-state index contributed by atoms with van der Waals surface area (Å²) in [4.78, 5) is 0. The van der Waals surface area contributed by atoms with Gasteiger partial charge in [-0.3, -0.25) is 0 Å². The van der Waals surface area contributed by atoms with Crippen molar-refractivity contribution in [3.63, 3.8) is 0 Å². The molecule has 0 aliphatic carbocycles. The molecule has 0 atom stereocenters. The van der Waals surface area contributed by atoms with Crippen LogP contribution in [0.15, 0.2) is 0 Å². The third kappa shape index (κ3) is 3.26. The third-order valence-electron chi connectivity index (χ3n) is 4.28. The number of hydrogen-bond acceptors (Lipinski definition) is 0. The quantitative estimate of drug-likeness (QED) is 0.349. The minimum atomic E-state index is -2.15. The van der Waals surface area contributed by atoms with E-state index in [0.717, 1.165) is 0 Å². The number of hydrogen-bond donors (Lipinski definition) is 0. The van der Waals surface area contributed by atoms with E-state index in [-0.39, 0.29) is 0 Å². The summed E-state index contributed by atoms with van der Waals surface area (Å²) in [6.07, 6.45) is 0. The fourth-order valence-corrected chi connectivity index (χ4v) is 3.02. The van der Waals surface area contributed by atoms with E-state index in [2.05, 4.69) is 0 Å². The fraction of sp³-hybridized carbons (Fsp3) is 0.400. The van der Waals surface area contributed by atoms with Crippen LogP contribution in [0.4, 0.5) is 35.1 Å². The van der Waals surface area contributed by atoms with Gasteiger partial charge in [-0.15, -0.1) is 0 Å². The van der Waals surface area contributed by atoms with Gasteiger partial charge in [0.25, 0.3) is 0 Å². The molecule has 0 N–H and O–H groups in total. The molecular weight excluding hydrogens is 392 g/mol. The molecule has 0 spiro atoms. The highest BCUT2D eigenvalue weighted by molar-refractivity contribution is 5.68. The standard InChI is InChI=1S/C20H18F8/c1-19(2,3)9-15(25)11(21)7(12(22)16(9)26)8-13(23)17(27)10(20(4,5)6)18(28)14(8)24/h1-6H3. The monoisotopic (exact) mass is 410 g/mol. The van der Waals surface area contributed by atoms with E-state index in [1.165, 1.54) is 41.5 Å². The van der Waals surface area contributed by atoms with Gasteiger partial charge in [-0.25, -0.2) is 35.1 Å². The first-order valence-corrected chi connectivity index (χ1v) is 8.26. The first kappa shape index (κ1) is 22.2. The summed E-state index contributed by atoms with van der Waals surface area (Å²) in [5.74, 6) is -16.2. The van der Waals surface area contributed by atoms with Crippen LogP contribution in [0.3, 0.4) is 0 Å². The maximum atomic E-state index is 14.5. The molecule has 2 rings (SSSR count). The summed E-state index contributed by atoms with van der Waals surface area (Å²) in [6.45, 7) is 7.53. The van der Waals surface area contributed by atoms with Crippen LogP contribution in [-0.4, -0.2) is 0 Å². The Labute approximate surface area is 157 Å². The van der Waals surface area contributed by atoms with Crippen LogP contribution in [0.25, 0.3) is 11.1 Å². The van der Waals surface area contributed by atoms with Gasteiger partial charge in [0.1, 0.15) is 0 Å². The van der Waals surface area contributed by atoms with Crippen LogP contribution in [0.2, 0.25) is 0 Å². The Morgan fingerprint density at radius 2 is 0.536 bits per heavy atom. The zero-order chi connectivity index (χ0) is 21.9. The van der Waals surface area contributed by atoms with Crippen LogP contribution in [0.5, 0.6) is 0 Å². The molecule has 0 nitrogen and oxygen atoms in total. The number of rotatable bonds is 1. The Morgan fingerprint density at radius 1 is 0.357 bits per heavy atom. The van der Waals surface area contributed by atoms with Crippen molar-refractivity contribution in [2.24, 2.45) is 0 Å². The summed E-state index contributed by atoms with van der Waals surface area (Å²) in [6, 6.07) is 0. The maximum Gasteiger partial charge on any atom is 0.170 e. The van der Waals surface area contributed by atoms with Crippen molar-refractivity contribution in [1.29, 1.82) is 0 Å². The molecule has 0 unspecified atom stereocenters. The van der Waals surface area contributed by atoms with E-state index in [9.17, 15) is 35.1 Å². The molecule has 154 valence electrons. The van der Waals surface area contributed by atoms with Crippen molar-refractivity contribution in [2.75, 3.05) is 0 Å². The molecule has 2 aromatic carbocycles. The lowest BCUT2D eigenvalue weighted by Gasteiger charge is -2.24. The summed E-state index contributed by atoms with van der Waals surface area (Å²) in [5.41, 5.74) is -8.51. The van der Waals surface area contributed by atoms with E-state index >= 15 is 0 Å². The third-order valence-corrected chi connectivity index (χ3v) is 4.28. The Hall–Kier alpha value is -2.12. The van der Waals surface area contributed by atoms with Crippen LogP contribution < -0.4 is 0 Å². The van der Waals surface area contributed by atoms with Gasteiger partial charge < -0.3 is 0 Å². The van der Waals surface area contributed by atoms with E-state index in [4.69, 9.17) is 0 Å². The predicted octanol–water partition coefficient (Wildman–Crippen LogP) is 7.06. The summed E-state index contributed by atoms with van der Waals surface area (Å²) in [7, 11) is 0. The molecule has 0 fully saturated rings. The molecule has 8 heteroatoms. The van der Waals surface area contributed by atoms with Gasteiger partial charge in [0.2, 0.25) is 0 Å². The lowest BCUT2D eigenvalue weighted by Crippen LogP contribution is -2.22. The highest BCUT2D eigenvalue weighted by Crippen LogP contribution is 2.42. The van der Waals surface area contributed by atoms with E-state index < -0.39 is 79.6 Å². The Kier molecular flexibility index (Phi) is 5.34. The first-order chi connectivity index (χ1) is 12.5. The molecular formula is C20H18F8. The molecule has 0 aliphatic heterocycles. The van der Waals surface area contributed by atoms with Crippen LogP contribution >= 0.6 is 0 Å². The van der Waals surface area contributed by atoms with Gasteiger partial charge in [-0.05, 0) is 10.8 Å². The summed E-state index contributed by atoms with van der Waals surface area (Å²) in [5, 5.41) is 0. The highest BCUT2D eigenvalue weighted by atomic mass is 19.2. The fourth-order valence-electron chi connectivity index (χ4n) is 3.02. The number of benzene rings is 2. The van der Waals surface area contributed by atoms with E-state index in [0.29, 0.717) is 0 Å². The van der Waals surface area contributed by atoms with Crippen LogP contribution in [0, 0.1) is 46.5 Å². The second-order valence-electron chi connectivity index (χ2n) is 8.51. The average Bonchev–Trinajstić information content (AvgIpc) is 2.52. The normalized spacial score (nSPS) is 12.6. The van der Waals surface area contributed by atoms with E-state index in [1.807, 2.05) is 0 Å². The molecule has 0 saturated heterocycles. The SMILES string of the molecule is CC(C)(C)c1c(F)c(F)c(-c2c(F)c(F)c(C(C)(C)C)c(F)c2F)c(F)c1F. The van der Waals surface area contributed by atoms with Gasteiger partial charge in [-0.1, -0.05) is 41.5 Å². The Bertz CT molecular complexity index is 825.